The highest BCUT2D eigenvalue weighted by molar-refractivity contribution is 6.31. The molecule has 1 amide bonds. The van der Waals surface area contributed by atoms with Gasteiger partial charge in [0.25, 0.3) is 5.91 Å². The van der Waals surface area contributed by atoms with Crippen LogP contribution >= 0.6 is 11.6 Å². The number of hydrogen-bond donors (Lipinski definition) is 1. The van der Waals surface area contributed by atoms with Gasteiger partial charge in [0.05, 0.1) is 0 Å². The van der Waals surface area contributed by atoms with Gasteiger partial charge >= 0.3 is 0 Å². The lowest BCUT2D eigenvalue weighted by molar-refractivity contribution is 0.0938. The highest BCUT2D eigenvalue weighted by Gasteiger charge is 2.09. The lowest BCUT2D eigenvalue weighted by Gasteiger charge is -1.91. The number of furan rings is 1. The van der Waals surface area contributed by atoms with E-state index in [0.29, 0.717) is 16.4 Å². The van der Waals surface area contributed by atoms with Crippen molar-refractivity contribution < 1.29 is 9.21 Å². The van der Waals surface area contributed by atoms with Crippen LogP contribution in [0.15, 0.2) is 28.7 Å². The Morgan fingerprint density at radius 3 is 2.93 bits per heavy atom. The number of benzene rings is 1. The van der Waals surface area contributed by atoms with E-state index in [1.165, 1.54) is 0 Å². The molecule has 0 atom stereocenters. The van der Waals surface area contributed by atoms with E-state index in [-0.39, 0.29) is 5.91 Å². The zero-order chi connectivity index (χ0) is 10.1. The molecule has 0 saturated heterocycles. The minimum Gasteiger partial charge on any atom is -0.451 e. The topological polar surface area (TPSA) is 42.2 Å². The van der Waals surface area contributed by atoms with Gasteiger partial charge in [0.2, 0.25) is 0 Å². The van der Waals surface area contributed by atoms with Gasteiger partial charge in [-0.2, -0.15) is 0 Å². The summed E-state index contributed by atoms with van der Waals surface area (Å²) < 4.78 is 5.31. The first-order valence-electron chi connectivity index (χ1n) is 4.12. The van der Waals surface area contributed by atoms with Gasteiger partial charge in [0, 0.05) is 17.5 Å². The third-order valence-electron chi connectivity index (χ3n) is 1.93. The van der Waals surface area contributed by atoms with E-state index in [0.717, 1.165) is 5.39 Å². The first-order valence-corrected chi connectivity index (χ1v) is 4.49. The molecule has 0 aliphatic rings. The van der Waals surface area contributed by atoms with Gasteiger partial charge < -0.3 is 9.73 Å². The van der Waals surface area contributed by atoms with Crippen LogP contribution in [0.4, 0.5) is 0 Å². The van der Waals surface area contributed by atoms with Crippen molar-refractivity contribution in [2.45, 2.75) is 0 Å². The van der Waals surface area contributed by atoms with Crippen LogP contribution in [0.3, 0.4) is 0 Å². The van der Waals surface area contributed by atoms with Gasteiger partial charge in [-0.1, -0.05) is 11.6 Å². The van der Waals surface area contributed by atoms with E-state index in [9.17, 15) is 4.79 Å². The summed E-state index contributed by atoms with van der Waals surface area (Å²) in [5.41, 5.74) is 0.660. The van der Waals surface area contributed by atoms with Gasteiger partial charge in [-0.05, 0) is 24.3 Å². The molecule has 0 aliphatic heterocycles. The molecular formula is C10H8ClNO2. The van der Waals surface area contributed by atoms with Gasteiger partial charge in [-0.15, -0.1) is 0 Å². The minimum atomic E-state index is -0.239. The maximum absolute atomic E-state index is 11.2. The number of amides is 1. The number of hydrogen-bond acceptors (Lipinski definition) is 2. The van der Waals surface area contributed by atoms with Crippen LogP contribution in [0, 0.1) is 0 Å². The van der Waals surface area contributed by atoms with Gasteiger partial charge in [-0.25, -0.2) is 0 Å². The Hall–Kier alpha value is -1.48. The first kappa shape index (κ1) is 9.09. The van der Waals surface area contributed by atoms with Crippen molar-refractivity contribution in [2.24, 2.45) is 0 Å². The molecule has 1 N–H and O–H groups in total. The zero-order valence-corrected chi connectivity index (χ0v) is 8.26. The second-order valence-electron chi connectivity index (χ2n) is 2.87. The summed E-state index contributed by atoms with van der Waals surface area (Å²) in [7, 11) is 1.56. The molecule has 14 heavy (non-hydrogen) atoms. The van der Waals surface area contributed by atoms with Gasteiger partial charge in [0.1, 0.15) is 5.58 Å². The molecular weight excluding hydrogens is 202 g/mol. The summed E-state index contributed by atoms with van der Waals surface area (Å²) in [4.78, 5) is 11.2. The summed E-state index contributed by atoms with van der Waals surface area (Å²) in [5, 5.41) is 3.95. The Morgan fingerprint density at radius 2 is 2.21 bits per heavy atom. The smallest absolute Gasteiger partial charge is 0.286 e. The largest absolute Gasteiger partial charge is 0.451 e. The van der Waals surface area contributed by atoms with Crippen molar-refractivity contribution in [3.8, 4) is 0 Å². The molecule has 0 fully saturated rings. The SMILES string of the molecule is CNC(=O)c1cc2cc(Cl)ccc2o1. The van der Waals surface area contributed by atoms with Crippen LogP contribution < -0.4 is 5.32 Å². The summed E-state index contributed by atoms with van der Waals surface area (Å²) >= 11 is 5.80. The summed E-state index contributed by atoms with van der Waals surface area (Å²) in [5.74, 6) is 0.0575. The molecule has 2 aromatic rings. The van der Waals surface area contributed by atoms with E-state index in [1.807, 2.05) is 0 Å². The molecule has 0 saturated carbocycles. The van der Waals surface area contributed by atoms with E-state index >= 15 is 0 Å². The van der Waals surface area contributed by atoms with Crippen molar-refractivity contribution in [3.05, 3.63) is 35.0 Å². The second-order valence-corrected chi connectivity index (χ2v) is 3.31. The van der Waals surface area contributed by atoms with E-state index in [1.54, 1.807) is 31.3 Å². The number of carbonyl (C=O) groups is 1. The zero-order valence-electron chi connectivity index (χ0n) is 7.50. The summed E-state index contributed by atoms with van der Waals surface area (Å²) in [6.45, 7) is 0. The minimum absolute atomic E-state index is 0.239. The van der Waals surface area contributed by atoms with Crippen molar-refractivity contribution >= 4 is 28.5 Å². The van der Waals surface area contributed by atoms with Crippen molar-refractivity contribution in [1.82, 2.24) is 5.32 Å². The predicted molar refractivity (Wildman–Crippen MR) is 54.6 cm³/mol. The van der Waals surface area contributed by atoms with Crippen molar-refractivity contribution in [2.75, 3.05) is 7.05 Å². The fourth-order valence-electron chi connectivity index (χ4n) is 1.25. The van der Waals surface area contributed by atoms with E-state index in [2.05, 4.69) is 5.32 Å². The standard InChI is InChI=1S/C10H8ClNO2/c1-12-10(13)9-5-6-4-7(11)2-3-8(6)14-9/h2-5H,1H3,(H,12,13). The Balaban J connectivity index is 2.56. The Kier molecular flexibility index (Phi) is 2.17. The molecule has 2 rings (SSSR count). The average molecular weight is 210 g/mol. The highest BCUT2D eigenvalue weighted by Crippen LogP contribution is 2.22. The molecule has 0 radical (unpaired) electrons. The number of fused-ring (bicyclic) bond motifs is 1. The molecule has 4 heteroatoms. The average Bonchev–Trinajstić information content (AvgIpc) is 2.59. The number of rotatable bonds is 1. The monoisotopic (exact) mass is 209 g/mol. The third kappa shape index (κ3) is 1.46. The second kappa shape index (κ2) is 3.35. The van der Waals surface area contributed by atoms with Crippen molar-refractivity contribution in [1.29, 1.82) is 0 Å². The Labute approximate surface area is 85.7 Å². The molecule has 1 heterocycles. The quantitative estimate of drug-likeness (QED) is 0.784. The number of carbonyl (C=O) groups excluding carboxylic acids is 1. The summed E-state index contributed by atoms with van der Waals surface area (Å²) in [6, 6.07) is 6.89. The van der Waals surface area contributed by atoms with Crippen LogP contribution in [0.1, 0.15) is 10.6 Å². The molecule has 1 aromatic carbocycles. The molecule has 0 unspecified atom stereocenters. The van der Waals surface area contributed by atoms with E-state index < -0.39 is 0 Å². The number of nitrogens with one attached hydrogen (secondary N) is 1. The van der Waals surface area contributed by atoms with Crippen LogP contribution in [0.5, 0.6) is 0 Å². The van der Waals surface area contributed by atoms with Gasteiger partial charge in [0.15, 0.2) is 5.76 Å². The molecule has 0 spiro atoms. The molecule has 72 valence electrons. The van der Waals surface area contributed by atoms with E-state index in [4.69, 9.17) is 16.0 Å². The van der Waals surface area contributed by atoms with Crippen LogP contribution in [-0.2, 0) is 0 Å². The fourth-order valence-corrected chi connectivity index (χ4v) is 1.43. The molecule has 0 bridgehead atoms. The van der Waals surface area contributed by atoms with Gasteiger partial charge in [-0.3, -0.25) is 4.79 Å². The first-order chi connectivity index (χ1) is 6.70. The normalized spacial score (nSPS) is 10.4. The van der Waals surface area contributed by atoms with Crippen LogP contribution in [-0.4, -0.2) is 13.0 Å². The van der Waals surface area contributed by atoms with Crippen LogP contribution in [0.25, 0.3) is 11.0 Å². The van der Waals surface area contributed by atoms with Crippen LogP contribution in [0.2, 0.25) is 5.02 Å². The Morgan fingerprint density at radius 1 is 1.43 bits per heavy atom. The maximum atomic E-state index is 11.2. The summed E-state index contributed by atoms with van der Waals surface area (Å²) in [6.07, 6.45) is 0. The number of halogens is 1. The van der Waals surface area contributed by atoms with Crippen molar-refractivity contribution in [3.63, 3.8) is 0 Å². The Bertz CT molecular complexity index is 490. The fraction of sp³-hybridized carbons (Fsp3) is 0.100. The predicted octanol–water partition coefficient (Wildman–Crippen LogP) is 2.45. The lowest BCUT2D eigenvalue weighted by Crippen LogP contribution is -2.16. The molecule has 0 aliphatic carbocycles. The molecule has 1 aromatic heterocycles. The third-order valence-corrected chi connectivity index (χ3v) is 2.16. The lowest BCUT2D eigenvalue weighted by atomic mass is 10.2. The molecule has 3 nitrogen and oxygen atoms in total. The highest BCUT2D eigenvalue weighted by atomic mass is 35.5. The maximum Gasteiger partial charge on any atom is 0.286 e.